The van der Waals surface area contributed by atoms with Crippen LogP contribution in [-0.2, 0) is 0 Å². The van der Waals surface area contributed by atoms with Crippen molar-refractivity contribution >= 4 is 17.7 Å². The average Bonchev–Trinajstić information content (AvgIpc) is 2.49. The van der Waals surface area contributed by atoms with Crippen molar-refractivity contribution in [3.05, 3.63) is 0 Å². The standard InChI is InChI=1S/C14H27F3N4S/c1-4-18-13(19-6-5-11-22-3)21-9-7-20(8-10-21)12(2)14(15,16)17/h12H,4-11H2,1-3H3,(H,18,19). The smallest absolute Gasteiger partial charge is 0.357 e. The van der Waals surface area contributed by atoms with E-state index in [0.717, 1.165) is 31.2 Å². The molecule has 0 aliphatic carbocycles. The number of nitrogens with zero attached hydrogens (tertiary/aromatic N) is 3. The monoisotopic (exact) mass is 340 g/mol. The van der Waals surface area contributed by atoms with Gasteiger partial charge in [-0.05, 0) is 32.3 Å². The fourth-order valence-corrected chi connectivity index (χ4v) is 2.77. The summed E-state index contributed by atoms with van der Waals surface area (Å²) in [5.74, 6) is 1.89. The Bertz CT molecular complexity index is 341. The molecule has 0 aromatic heterocycles. The number of hydrogen-bond donors (Lipinski definition) is 1. The van der Waals surface area contributed by atoms with Crippen molar-refractivity contribution in [1.29, 1.82) is 0 Å². The first-order chi connectivity index (χ1) is 10.4. The molecule has 1 atom stereocenters. The Morgan fingerprint density at radius 3 is 2.41 bits per heavy atom. The molecule has 0 aromatic carbocycles. The predicted molar refractivity (Wildman–Crippen MR) is 87.6 cm³/mol. The largest absolute Gasteiger partial charge is 0.403 e. The maximum Gasteiger partial charge on any atom is 0.403 e. The van der Waals surface area contributed by atoms with Gasteiger partial charge in [0.15, 0.2) is 5.96 Å². The number of guanidine groups is 1. The van der Waals surface area contributed by atoms with E-state index in [1.165, 1.54) is 11.8 Å². The van der Waals surface area contributed by atoms with Gasteiger partial charge in [0.25, 0.3) is 0 Å². The summed E-state index contributed by atoms with van der Waals surface area (Å²) in [6.07, 6.45) is -1.07. The molecule has 0 spiro atoms. The minimum Gasteiger partial charge on any atom is -0.357 e. The van der Waals surface area contributed by atoms with Crippen LogP contribution in [0.2, 0.25) is 0 Å². The zero-order chi connectivity index (χ0) is 16.6. The first kappa shape index (κ1) is 19.4. The summed E-state index contributed by atoms with van der Waals surface area (Å²) in [4.78, 5) is 8.12. The molecule has 1 unspecified atom stereocenters. The van der Waals surface area contributed by atoms with Crippen molar-refractivity contribution in [3.8, 4) is 0 Å². The number of halogens is 3. The van der Waals surface area contributed by atoms with Gasteiger partial charge >= 0.3 is 6.18 Å². The van der Waals surface area contributed by atoms with Gasteiger partial charge in [-0.1, -0.05) is 0 Å². The number of piperazine rings is 1. The van der Waals surface area contributed by atoms with E-state index in [1.807, 2.05) is 6.92 Å². The van der Waals surface area contributed by atoms with Crippen LogP contribution >= 0.6 is 11.8 Å². The van der Waals surface area contributed by atoms with Crippen LogP contribution in [0.1, 0.15) is 20.3 Å². The lowest BCUT2D eigenvalue weighted by molar-refractivity contribution is -0.181. The molecule has 22 heavy (non-hydrogen) atoms. The molecule has 1 aliphatic rings. The molecule has 0 aromatic rings. The zero-order valence-electron chi connectivity index (χ0n) is 13.6. The van der Waals surface area contributed by atoms with Crippen molar-refractivity contribution < 1.29 is 13.2 Å². The Kier molecular flexibility index (Phi) is 8.38. The Labute approximate surface area is 135 Å². The second-order valence-electron chi connectivity index (χ2n) is 5.32. The summed E-state index contributed by atoms with van der Waals surface area (Å²) < 4.78 is 38.3. The summed E-state index contributed by atoms with van der Waals surface area (Å²) in [7, 11) is 0. The number of hydrogen-bond acceptors (Lipinski definition) is 3. The molecule has 4 nitrogen and oxygen atoms in total. The third-order valence-electron chi connectivity index (χ3n) is 3.74. The van der Waals surface area contributed by atoms with E-state index in [-0.39, 0.29) is 0 Å². The van der Waals surface area contributed by atoms with Crippen LogP contribution in [0.3, 0.4) is 0 Å². The Hall–Kier alpha value is -0.630. The predicted octanol–water partition coefficient (Wildman–Crippen LogP) is 2.27. The van der Waals surface area contributed by atoms with Crippen molar-refractivity contribution in [2.45, 2.75) is 32.5 Å². The van der Waals surface area contributed by atoms with Gasteiger partial charge in [-0.2, -0.15) is 24.9 Å². The first-order valence-electron chi connectivity index (χ1n) is 7.73. The molecule has 0 amide bonds. The summed E-state index contributed by atoms with van der Waals surface area (Å²) in [5, 5.41) is 3.23. The highest BCUT2D eigenvalue weighted by molar-refractivity contribution is 7.98. The molecule has 0 bridgehead atoms. The number of aliphatic imine (C=N–C) groups is 1. The minimum absolute atomic E-state index is 0.413. The lowest BCUT2D eigenvalue weighted by atomic mass is 10.2. The first-order valence-corrected chi connectivity index (χ1v) is 9.12. The van der Waals surface area contributed by atoms with Crippen LogP contribution in [0.4, 0.5) is 13.2 Å². The molecular weight excluding hydrogens is 313 g/mol. The van der Waals surface area contributed by atoms with Gasteiger partial charge in [-0.25, -0.2) is 0 Å². The molecular formula is C14H27F3N4S. The van der Waals surface area contributed by atoms with Gasteiger partial charge in [0.05, 0.1) is 0 Å². The molecule has 1 fully saturated rings. The molecule has 1 N–H and O–H groups in total. The Balaban J connectivity index is 2.52. The Morgan fingerprint density at radius 2 is 1.91 bits per heavy atom. The highest BCUT2D eigenvalue weighted by Gasteiger charge is 2.41. The number of alkyl halides is 3. The van der Waals surface area contributed by atoms with Gasteiger partial charge in [-0.15, -0.1) is 0 Å². The van der Waals surface area contributed by atoms with Crippen LogP contribution in [0.15, 0.2) is 4.99 Å². The highest BCUT2D eigenvalue weighted by atomic mass is 32.2. The number of nitrogens with one attached hydrogen (secondary N) is 1. The topological polar surface area (TPSA) is 30.9 Å². The van der Waals surface area contributed by atoms with Crippen molar-refractivity contribution in [2.75, 3.05) is 51.3 Å². The lowest BCUT2D eigenvalue weighted by Crippen LogP contribution is -2.56. The van der Waals surface area contributed by atoms with Gasteiger partial charge in [0, 0.05) is 39.3 Å². The summed E-state index contributed by atoms with van der Waals surface area (Å²) >= 11 is 1.79. The summed E-state index contributed by atoms with van der Waals surface area (Å²) in [6.45, 7) is 6.73. The fraction of sp³-hybridized carbons (Fsp3) is 0.929. The van der Waals surface area contributed by atoms with Crippen LogP contribution in [0, 0.1) is 0 Å². The van der Waals surface area contributed by atoms with E-state index in [0.29, 0.717) is 26.2 Å². The summed E-state index contributed by atoms with van der Waals surface area (Å²) in [5.41, 5.74) is 0. The molecule has 1 rings (SSSR count). The minimum atomic E-state index is -4.15. The quantitative estimate of drug-likeness (QED) is 0.457. The van der Waals surface area contributed by atoms with Crippen molar-refractivity contribution in [2.24, 2.45) is 4.99 Å². The third kappa shape index (κ3) is 6.24. The third-order valence-corrected chi connectivity index (χ3v) is 4.44. The Morgan fingerprint density at radius 1 is 1.27 bits per heavy atom. The van der Waals surface area contributed by atoms with E-state index >= 15 is 0 Å². The fourth-order valence-electron chi connectivity index (χ4n) is 2.35. The molecule has 0 saturated carbocycles. The molecule has 8 heteroatoms. The van der Waals surface area contributed by atoms with Gasteiger partial charge in [0.1, 0.15) is 6.04 Å². The zero-order valence-corrected chi connectivity index (χ0v) is 14.4. The lowest BCUT2D eigenvalue weighted by Gasteiger charge is -2.39. The van der Waals surface area contributed by atoms with Gasteiger partial charge < -0.3 is 10.2 Å². The van der Waals surface area contributed by atoms with Crippen molar-refractivity contribution in [3.63, 3.8) is 0 Å². The second-order valence-corrected chi connectivity index (χ2v) is 6.31. The molecule has 0 radical (unpaired) electrons. The van der Waals surface area contributed by atoms with Crippen LogP contribution in [-0.4, -0.2) is 79.3 Å². The molecule has 130 valence electrons. The highest BCUT2D eigenvalue weighted by Crippen LogP contribution is 2.25. The van der Waals surface area contributed by atoms with Gasteiger partial charge in [0.2, 0.25) is 0 Å². The molecule has 1 saturated heterocycles. The van der Waals surface area contributed by atoms with E-state index in [1.54, 1.807) is 11.8 Å². The van der Waals surface area contributed by atoms with E-state index < -0.39 is 12.2 Å². The van der Waals surface area contributed by atoms with E-state index in [4.69, 9.17) is 0 Å². The maximum absolute atomic E-state index is 12.8. The van der Waals surface area contributed by atoms with Crippen molar-refractivity contribution in [1.82, 2.24) is 15.1 Å². The number of rotatable bonds is 6. The summed E-state index contributed by atoms with van der Waals surface area (Å²) in [6, 6.07) is -1.38. The van der Waals surface area contributed by atoms with Crippen LogP contribution < -0.4 is 5.32 Å². The van der Waals surface area contributed by atoms with Gasteiger partial charge in [-0.3, -0.25) is 9.89 Å². The van der Waals surface area contributed by atoms with E-state index in [9.17, 15) is 13.2 Å². The van der Waals surface area contributed by atoms with Crippen LogP contribution in [0.25, 0.3) is 0 Å². The normalized spacial score (nSPS) is 19.4. The number of thioether (sulfide) groups is 1. The second kappa shape index (κ2) is 9.50. The molecule has 1 heterocycles. The van der Waals surface area contributed by atoms with E-state index in [2.05, 4.69) is 21.5 Å². The van der Waals surface area contributed by atoms with Crippen LogP contribution in [0.5, 0.6) is 0 Å². The maximum atomic E-state index is 12.8. The average molecular weight is 340 g/mol. The SMILES string of the molecule is CCNC(=NCCCSC)N1CCN(C(C)C(F)(F)F)CC1. The molecule has 1 aliphatic heterocycles.